The fourth-order valence-electron chi connectivity index (χ4n) is 10.7. The lowest BCUT2D eigenvalue weighted by Crippen LogP contribution is -2.50. The van der Waals surface area contributed by atoms with Crippen LogP contribution in [0.4, 0.5) is 10.9 Å². The highest BCUT2D eigenvalue weighted by Crippen LogP contribution is 2.37. The summed E-state index contributed by atoms with van der Waals surface area (Å²) in [5.41, 5.74) is 10.1. The third kappa shape index (κ3) is 11.9. The lowest BCUT2D eigenvalue weighted by molar-refractivity contribution is -0.144. The molecule has 4 aromatic heterocycles. The van der Waals surface area contributed by atoms with Crippen LogP contribution < -0.4 is 20.3 Å². The zero-order chi connectivity index (χ0) is 55.5. The number of aliphatic hydroxyl groups is 1. The molecule has 0 radical (unpaired) electrons. The van der Waals surface area contributed by atoms with Gasteiger partial charge in [0.1, 0.15) is 23.7 Å². The SMILES string of the molecule is Cc1ncsc1-c1ccc([C@H](C)NC(=O)[C@@H]2C[C@@H](O)CN2C(=O)[C@@H](n2cc(CCCCCOc3cccc(-c4ccc(N5CCc6cccc(C(=O)Nc7nc8ccccc8s7)c6C5)nc4C(=O)O)c3C)nn2)C(C)(C)C)cc1. The minimum Gasteiger partial charge on any atom is -0.493 e. The second-order valence-corrected chi connectivity index (χ2v) is 23.4. The van der Waals surface area contributed by atoms with Crippen LogP contribution in [0.5, 0.6) is 5.75 Å². The number of nitrogens with zero attached hydrogens (tertiary/aromatic N) is 8. The Kier molecular flexibility index (Phi) is 16.0. The third-order valence-corrected chi connectivity index (χ3v) is 16.8. The number of hydrogen-bond donors (Lipinski definition) is 4. The number of para-hydroxylation sites is 1. The Morgan fingerprint density at radius 3 is 2.46 bits per heavy atom. The predicted molar refractivity (Wildman–Crippen MR) is 307 cm³/mol. The maximum atomic E-state index is 14.5. The molecule has 4 N–H and O–H groups in total. The number of aryl methyl sites for hydroxylation is 2. The first kappa shape index (κ1) is 54.5. The number of fused-ring (bicyclic) bond motifs is 2. The number of thiazole rings is 2. The summed E-state index contributed by atoms with van der Waals surface area (Å²) >= 11 is 3.00. The summed E-state index contributed by atoms with van der Waals surface area (Å²) in [5, 5.41) is 36.8. The second kappa shape index (κ2) is 23.2. The standard InChI is InChI=1S/C60H64N10O7S2/c1-35-43(44-25-26-51(64-52(44)58(75)76)68-28-27-39-14-12-17-45(46(39)33-68)55(72)65-59-63-47-18-9-10-20-50(47)79-59)16-13-19-49(35)77-29-11-7-8-15-41-31-70(67-66-41)54(60(4,5)6)57(74)69-32-42(71)30-48(69)56(73)62-36(2)38-21-23-40(24-22-38)53-37(3)61-34-78-53/h9-10,12-14,16-26,31,34,36,42,48,54,71H,7-8,11,15,27-30,32-33H2,1-6H3,(H,62,73)(H,75,76)(H,63,65,72)/t36-,42+,48-,54+/m0/s1. The molecule has 0 aliphatic carbocycles. The van der Waals surface area contributed by atoms with E-state index >= 15 is 0 Å². The first-order chi connectivity index (χ1) is 38.0. The minimum atomic E-state index is -1.15. The number of carbonyl (C=O) groups excluding carboxylic acids is 3. The Bertz CT molecular complexity index is 3520. The number of β-amino-alcohol motifs (C(OH)–C–C–N with tert-alkyl or cyclic N) is 1. The number of anilines is 2. The van der Waals surface area contributed by atoms with Crippen molar-refractivity contribution >= 4 is 67.5 Å². The van der Waals surface area contributed by atoms with E-state index in [1.165, 1.54) is 16.2 Å². The van der Waals surface area contributed by atoms with Gasteiger partial charge in [-0.2, -0.15) is 0 Å². The Morgan fingerprint density at radius 1 is 0.899 bits per heavy atom. The largest absolute Gasteiger partial charge is 0.493 e. The van der Waals surface area contributed by atoms with Gasteiger partial charge in [0, 0.05) is 43.4 Å². The molecule has 0 saturated carbocycles. The molecule has 408 valence electrons. The van der Waals surface area contributed by atoms with Gasteiger partial charge in [0.25, 0.3) is 5.91 Å². The zero-order valence-electron chi connectivity index (χ0n) is 45.1. The number of aliphatic hydroxyl groups excluding tert-OH is 1. The lowest BCUT2D eigenvalue weighted by Gasteiger charge is -2.34. The van der Waals surface area contributed by atoms with Gasteiger partial charge in [-0.25, -0.2) is 24.4 Å². The quantitative estimate of drug-likeness (QED) is 0.0589. The minimum absolute atomic E-state index is 0.0381. The third-order valence-electron chi connectivity index (χ3n) is 14.9. The van der Waals surface area contributed by atoms with Gasteiger partial charge in [-0.05, 0) is 128 Å². The van der Waals surface area contributed by atoms with Gasteiger partial charge in [0.15, 0.2) is 10.8 Å². The first-order valence-corrected chi connectivity index (χ1v) is 28.4. The molecular formula is C60H64N10O7S2. The van der Waals surface area contributed by atoms with Gasteiger partial charge in [-0.15, -0.1) is 16.4 Å². The van der Waals surface area contributed by atoms with Crippen molar-refractivity contribution in [3.63, 3.8) is 0 Å². The predicted octanol–water partition coefficient (Wildman–Crippen LogP) is 10.4. The van der Waals surface area contributed by atoms with E-state index < -0.39 is 29.6 Å². The van der Waals surface area contributed by atoms with Crippen LogP contribution >= 0.6 is 22.7 Å². The number of ether oxygens (including phenoxy) is 1. The number of nitrogens with one attached hydrogen (secondary N) is 2. The number of aromatic nitrogens is 6. The van der Waals surface area contributed by atoms with Crippen molar-refractivity contribution in [2.24, 2.45) is 5.41 Å². The molecule has 0 bridgehead atoms. The topological polar surface area (TPSA) is 218 Å². The Labute approximate surface area is 466 Å². The number of pyridine rings is 1. The molecule has 0 spiro atoms. The molecule has 1 fully saturated rings. The van der Waals surface area contributed by atoms with Gasteiger partial charge in [0.2, 0.25) is 11.8 Å². The van der Waals surface area contributed by atoms with E-state index in [1.54, 1.807) is 22.1 Å². The summed E-state index contributed by atoms with van der Waals surface area (Å²) < 4.78 is 8.88. The number of carbonyl (C=O) groups is 4. The van der Waals surface area contributed by atoms with E-state index in [4.69, 9.17) is 9.72 Å². The summed E-state index contributed by atoms with van der Waals surface area (Å²) in [5.74, 6) is -0.867. The van der Waals surface area contributed by atoms with Crippen LogP contribution in [0, 0.1) is 19.3 Å². The number of carboxylic acid groups (broad SMARTS) is 1. The van der Waals surface area contributed by atoms with Crippen LogP contribution in [0.3, 0.4) is 0 Å². The molecule has 2 aliphatic rings. The summed E-state index contributed by atoms with van der Waals surface area (Å²) in [6.45, 7) is 13.1. The summed E-state index contributed by atoms with van der Waals surface area (Å²) in [6, 6.07) is 28.8. The fourth-order valence-corrected chi connectivity index (χ4v) is 12.4. The van der Waals surface area contributed by atoms with Gasteiger partial charge >= 0.3 is 5.97 Å². The average molecular weight is 1100 g/mol. The van der Waals surface area contributed by atoms with Crippen molar-refractivity contribution in [3.8, 4) is 27.3 Å². The van der Waals surface area contributed by atoms with Crippen molar-refractivity contribution in [1.82, 2.24) is 40.2 Å². The van der Waals surface area contributed by atoms with E-state index in [0.29, 0.717) is 65.9 Å². The zero-order valence-corrected chi connectivity index (χ0v) is 46.7. The number of likely N-dealkylation sites (tertiary alicyclic amines) is 1. The normalized spacial score (nSPS) is 16.1. The summed E-state index contributed by atoms with van der Waals surface area (Å²) in [4.78, 5) is 73.2. The molecule has 1 saturated heterocycles. The summed E-state index contributed by atoms with van der Waals surface area (Å²) in [6.07, 6.45) is 4.75. The highest BCUT2D eigenvalue weighted by molar-refractivity contribution is 7.22. The molecule has 8 aromatic rings. The van der Waals surface area contributed by atoms with Gasteiger partial charge < -0.3 is 30.1 Å². The van der Waals surface area contributed by atoms with Gasteiger partial charge in [-0.1, -0.05) is 98.0 Å². The van der Waals surface area contributed by atoms with E-state index in [9.17, 15) is 29.4 Å². The number of carboxylic acids is 1. The van der Waals surface area contributed by atoms with Crippen LogP contribution in [0.15, 0.2) is 109 Å². The van der Waals surface area contributed by atoms with E-state index in [2.05, 4.69) is 30.9 Å². The Morgan fingerprint density at radius 2 is 1.70 bits per heavy atom. The average Bonchev–Trinajstić information content (AvgIpc) is 4.30. The van der Waals surface area contributed by atoms with Crippen LogP contribution in [0.2, 0.25) is 0 Å². The molecule has 10 rings (SSSR count). The van der Waals surface area contributed by atoms with Crippen LogP contribution in [0.1, 0.15) is 120 Å². The van der Waals surface area contributed by atoms with E-state index in [1.807, 2.05) is 149 Å². The van der Waals surface area contributed by atoms with Crippen molar-refractivity contribution in [3.05, 3.63) is 154 Å². The maximum absolute atomic E-state index is 14.5. The number of aromatic carboxylic acids is 1. The molecule has 17 nitrogen and oxygen atoms in total. The first-order valence-electron chi connectivity index (χ1n) is 26.7. The molecule has 3 amide bonds. The highest BCUT2D eigenvalue weighted by Gasteiger charge is 2.45. The summed E-state index contributed by atoms with van der Waals surface area (Å²) in [7, 11) is 0. The van der Waals surface area contributed by atoms with Gasteiger partial charge in [0.05, 0.1) is 50.7 Å². The molecule has 0 unspecified atom stereocenters. The molecule has 4 atom stereocenters. The molecular weight excluding hydrogens is 1040 g/mol. The molecule has 19 heteroatoms. The van der Waals surface area contributed by atoms with Gasteiger partial charge in [-0.3, -0.25) is 19.7 Å². The molecule has 6 heterocycles. The smallest absolute Gasteiger partial charge is 0.355 e. The number of benzene rings is 4. The molecule has 79 heavy (non-hydrogen) atoms. The van der Waals surface area contributed by atoms with Crippen molar-refractivity contribution in [2.45, 2.75) is 111 Å². The number of amides is 3. The van der Waals surface area contributed by atoms with E-state index in [0.717, 1.165) is 73.6 Å². The monoisotopic (exact) mass is 1100 g/mol. The lowest BCUT2D eigenvalue weighted by atomic mass is 9.85. The maximum Gasteiger partial charge on any atom is 0.355 e. The van der Waals surface area contributed by atoms with Crippen molar-refractivity contribution in [1.29, 1.82) is 0 Å². The molecule has 4 aromatic carbocycles. The molecule has 2 aliphatic heterocycles. The number of hydrogen-bond acceptors (Lipinski definition) is 14. The fraction of sp³-hybridized carbons (Fsp3) is 0.350. The Balaban J connectivity index is 0.728. The number of unbranched alkanes of at least 4 members (excludes halogenated alkanes) is 2. The highest BCUT2D eigenvalue weighted by atomic mass is 32.1. The Hall–Kier alpha value is -7.87. The van der Waals surface area contributed by atoms with Crippen LogP contribution in [-0.2, 0) is 29.0 Å². The number of rotatable bonds is 18. The van der Waals surface area contributed by atoms with Crippen LogP contribution in [0.25, 0.3) is 31.8 Å². The van der Waals surface area contributed by atoms with E-state index in [-0.39, 0.29) is 42.4 Å². The van der Waals surface area contributed by atoms with Crippen molar-refractivity contribution < 1.29 is 34.1 Å². The van der Waals surface area contributed by atoms with Crippen molar-refractivity contribution in [2.75, 3.05) is 29.9 Å². The second-order valence-electron chi connectivity index (χ2n) is 21.5. The van der Waals surface area contributed by atoms with Crippen LogP contribution in [-0.4, -0.2) is 101 Å².